The van der Waals surface area contributed by atoms with E-state index in [0.717, 1.165) is 38.7 Å². The lowest BCUT2D eigenvalue weighted by Gasteiger charge is -2.09. The Morgan fingerprint density at radius 1 is 0.912 bits per heavy atom. The molecule has 1 N–H and O–H groups in total. The molecule has 2 heterocycles. The fourth-order valence-electron chi connectivity index (χ4n) is 3.69. The molecule has 0 fully saturated rings. The molecule has 0 saturated heterocycles. The van der Waals surface area contributed by atoms with Gasteiger partial charge in [-0.3, -0.25) is 9.78 Å². The molecule has 0 atom stereocenters. The maximum absolute atomic E-state index is 12.4. The average Bonchev–Trinajstić information content (AvgIpc) is 3.38. The van der Waals surface area contributed by atoms with Gasteiger partial charge in [-0.05, 0) is 53.6 Å². The van der Waals surface area contributed by atoms with Gasteiger partial charge < -0.3 is 10.1 Å². The number of benzene rings is 3. The number of ether oxygens (including phenoxy) is 1. The van der Waals surface area contributed by atoms with Crippen molar-refractivity contribution in [2.75, 3.05) is 11.9 Å². The Balaban J connectivity index is 1.14. The quantitative estimate of drug-likeness (QED) is 0.255. The van der Waals surface area contributed by atoms with E-state index >= 15 is 0 Å². The highest BCUT2D eigenvalue weighted by Gasteiger charge is 2.09. The van der Waals surface area contributed by atoms with Crippen LogP contribution in [0.5, 0.6) is 5.75 Å². The minimum absolute atomic E-state index is 0.0337. The molecule has 5 aromatic rings. The van der Waals surface area contributed by atoms with Crippen molar-refractivity contribution in [3.8, 4) is 27.6 Å². The fraction of sp³-hybridized carbons (Fsp3) is 0.107. The number of thiazole rings is 1. The fourth-order valence-corrected chi connectivity index (χ4v) is 4.51. The molecule has 6 heteroatoms. The van der Waals surface area contributed by atoms with E-state index in [1.165, 1.54) is 5.39 Å². The maximum atomic E-state index is 12.4. The molecule has 5 rings (SSSR count). The first-order valence-electron chi connectivity index (χ1n) is 11.1. The van der Waals surface area contributed by atoms with Crippen molar-refractivity contribution in [2.24, 2.45) is 0 Å². The van der Waals surface area contributed by atoms with Crippen molar-refractivity contribution in [3.63, 3.8) is 0 Å². The van der Waals surface area contributed by atoms with Crippen LogP contribution in [0.25, 0.3) is 32.6 Å². The highest BCUT2D eigenvalue weighted by Crippen LogP contribution is 2.29. The Bertz CT molecular complexity index is 1420. The number of amides is 1. The summed E-state index contributed by atoms with van der Waals surface area (Å²) in [7, 11) is 0. The molecule has 168 valence electrons. The van der Waals surface area contributed by atoms with Crippen LogP contribution in [0.4, 0.5) is 5.69 Å². The SMILES string of the molecule is O=C(CCCOc1ccc2ccccc2c1)Nc1cccc(-c2csc(-c3cccnc3)n2)c1. The largest absolute Gasteiger partial charge is 0.494 e. The van der Waals surface area contributed by atoms with E-state index in [2.05, 4.69) is 22.4 Å². The number of carbonyl (C=O) groups is 1. The van der Waals surface area contributed by atoms with Crippen LogP contribution in [-0.2, 0) is 4.79 Å². The minimum Gasteiger partial charge on any atom is -0.494 e. The number of aromatic nitrogens is 2. The monoisotopic (exact) mass is 465 g/mol. The average molecular weight is 466 g/mol. The highest BCUT2D eigenvalue weighted by atomic mass is 32.1. The summed E-state index contributed by atoms with van der Waals surface area (Å²) in [6.07, 6.45) is 4.58. The summed E-state index contributed by atoms with van der Waals surface area (Å²) in [4.78, 5) is 21.3. The van der Waals surface area contributed by atoms with Gasteiger partial charge in [-0.2, -0.15) is 0 Å². The molecule has 34 heavy (non-hydrogen) atoms. The van der Waals surface area contributed by atoms with Gasteiger partial charge in [-0.15, -0.1) is 11.3 Å². The van der Waals surface area contributed by atoms with Gasteiger partial charge in [0.1, 0.15) is 10.8 Å². The van der Waals surface area contributed by atoms with Crippen molar-refractivity contribution in [2.45, 2.75) is 12.8 Å². The van der Waals surface area contributed by atoms with Crippen molar-refractivity contribution < 1.29 is 9.53 Å². The first-order valence-corrected chi connectivity index (χ1v) is 12.0. The third-order valence-corrected chi connectivity index (χ3v) is 6.28. The number of anilines is 1. The van der Waals surface area contributed by atoms with Gasteiger partial charge in [0.25, 0.3) is 0 Å². The number of carbonyl (C=O) groups excluding carboxylic acids is 1. The molecule has 0 spiro atoms. The molecule has 3 aromatic carbocycles. The predicted octanol–water partition coefficient (Wildman–Crippen LogP) is 6.82. The van der Waals surface area contributed by atoms with Gasteiger partial charge in [0, 0.05) is 41.0 Å². The van der Waals surface area contributed by atoms with Crippen LogP contribution in [0.3, 0.4) is 0 Å². The van der Waals surface area contributed by atoms with Crippen LogP contribution >= 0.6 is 11.3 Å². The topological polar surface area (TPSA) is 64.1 Å². The van der Waals surface area contributed by atoms with Gasteiger partial charge in [0.2, 0.25) is 5.91 Å². The smallest absolute Gasteiger partial charge is 0.224 e. The van der Waals surface area contributed by atoms with Gasteiger partial charge in [-0.1, -0.05) is 42.5 Å². The van der Waals surface area contributed by atoms with Crippen LogP contribution < -0.4 is 10.1 Å². The standard InChI is InChI=1S/C28H23N3O2S/c32-27(11-5-15-33-25-13-12-20-6-1-2-7-21(20)17-25)30-24-10-3-8-22(16-24)26-19-34-28(31-26)23-9-4-14-29-18-23/h1-4,6-10,12-14,16-19H,5,11,15H2,(H,30,32). The number of pyridine rings is 1. The number of fused-ring (bicyclic) bond motifs is 1. The second-order valence-electron chi connectivity index (χ2n) is 7.87. The first-order chi connectivity index (χ1) is 16.7. The molecule has 0 unspecified atom stereocenters. The van der Waals surface area contributed by atoms with Gasteiger partial charge in [0.15, 0.2) is 0 Å². The molecule has 0 radical (unpaired) electrons. The van der Waals surface area contributed by atoms with E-state index in [4.69, 9.17) is 9.72 Å². The van der Waals surface area contributed by atoms with Gasteiger partial charge in [-0.25, -0.2) is 4.98 Å². The summed E-state index contributed by atoms with van der Waals surface area (Å²) in [6, 6.07) is 25.9. The summed E-state index contributed by atoms with van der Waals surface area (Å²) in [5.74, 6) is 0.786. The van der Waals surface area contributed by atoms with E-state index in [0.29, 0.717) is 19.4 Å². The van der Waals surface area contributed by atoms with Crippen LogP contribution in [0.2, 0.25) is 0 Å². The summed E-state index contributed by atoms with van der Waals surface area (Å²) < 4.78 is 5.84. The lowest BCUT2D eigenvalue weighted by atomic mass is 10.1. The molecule has 0 saturated carbocycles. The lowest BCUT2D eigenvalue weighted by molar-refractivity contribution is -0.116. The third kappa shape index (κ3) is 5.30. The normalized spacial score (nSPS) is 10.8. The number of hydrogen-bond acceptors (Lipinski definition) is 5. The van der Waals surface area contributed by atoms with Crippen LogP contribution in [0, 0.1) is 0 Å². The molecular weight excluding hydrogens is 442 g/mol. The van der Waals surface area contributed by atoms with E-state index in [1.54, 1.807) is 17.5 Å². The second kappa shape index (κ2) is 10.3. The van der Waals surface area contributed by atoms with Crippen LogP contribution in [0.1, 0.15) is 12.8 Å². The molecule has 5 nitrogen and oxygen atoms in total. The summed E-state index contributed by atoms with van der Waals surface area (Å²) in [6.45, 7) is 0.488. The zero-order valence-corrected chi connectivity index (χ0v) is 19.3. The van der Waals surface area contributed by atoms with Gasteiger partial charge in [0.05, 0.1) is 12.3 Å². The van der Waals surface area contributed by atoms with Crippen molar-refractivity contribution >= 4 is 33.7 Å². The zero-order valence-electron chi connectivity index (χ0n) is 18.5. The minimum atomic E-state index is -0.0337. The Morgan fingerprint density at radius 2 is 1.79 bits per heavy atom. The third-order valence-electron chi connectivity index (χ3n) is 5.39. The van der Waals surface area contributed by atoms with Crippen LogP contribution in [0.15, 0.2) is 96.6 Å². The Hall–Kier alpha value is -4.03. The predicted molar refractivity (Wildman–Crippen MR) is 138 cm³/mol. The molecule has 1 amide bonds. The zero-order chi connectivity index (χ0) is 23.2. The Labute approximate surface area is 202 Å². The van der Waals surface area contributed by atoms with E-state index in [-0.39, 0.29) is 5.91 Å². The number of hydrogen-bond donors (Lipinski definition) is 1. The molecule has 0 aliphatic carbocycles. The first kappa shape index (κ1) is 21.8. The number of rotatable bonds is 8. The summed E-state index contributed by atoms with van der Waals surface area (Å²) >= 11 is 1.58. The molecule has 0 aliphatic heterocycles. The van der Waals surface area contributed by atoms with Crippen molar-refractivity contribution in [1.82, 2.24) is 9.97 Å². The highest BCUT2D eigenvalue weighted by molar-refractivity contribution is 7.13. The molecule has 2 aromatic heterocycles. The maximum Gasteiger partial charge on any atom is 0.224 e. The molecular formula is C28H23N3O2S. The molecule has 0 aliphatic rings. The Kier molecular flexibility index (Phi) is 6.59. The number of nitrogens with one attached hydrogen (secondary N) is 1. The second-order valence-corrected chi connectivity index (χ2v) is 8.73. The Morgan fingerprint density at radius 3 is 2.68 bits per heavy atom. The summed E-state index contributed by atoms with van der Waals surface area (Å²) in [5.41, 5.74) is 3.59. The van der Waals surface area contributed by atoms with E-state index in [1.807, 2.05) is 78.3 Å². The van der Waals surface area contributed by atoms with Crippen molar-refractivity contribution in [3.05, 3.63) is 96.6 Å². The number of nitrogens with zero attached hydrogens (tertiary/aromatic N) is 2. The summed E-state index contributed by atoms with van der Waals surface area (Å²) in [5, 5.41) is 8.25. The van der Waals surface area contributed by atoms with E-state index < -0.39 is 0 Å². The van der Waals surface area contributed by atoms with Crippen molar-refractivity contribution in [1.29, 1.82) is 0 Å². The van der Waals surface area contributed by atoms with Gasteiger partial charge >= 0.3 is 0 Å². The molecule has 0 bridgehead atoms. The lowest BCUT2D eigenvalue weighted by Crippen LogP contribution is -2.12. The van der Waals surface area contributed by atoms with E-state index in [9.17, 15) is 4.79 Å². The van der Waals surface area contributed by atoms with Crippen LogP contribution in [-0.4, -0.2) is 22.5 Å².